The second-order valence-electron chi connectivity index (χ2n) is 4.05. The van der Waals surface area contributed by atoms with Gasteiger partial charge in [0.25, 0.3) is 0 Å². The van der Waals surface area contributed by atoms with Crippen molar-refractivity contribution >= 4 is 0 Å². The zero-order valence-electron chi connectivity index (χ0n) is 9.88. The molecule has 0 unspecified atom stereocenters. The predicted octanol–water partition coefficient (Wildman–Crippen LogP) is 4.22. The first kappa shape index (κ1) is 10.7. The maximum atomic E-state index is 4.42. The van der Waals surface area contributed by atoms with E-state index in [-0.39, 0.29) is 0 Å². The molecule has 0 saturated heterocycles. The number of aromatic nitrogens is 1. The number of hydrogen-bond acceptors (Lipinski definition) is 1. The smallest absolute Gasteiger partial charge is 0.0708 e. The normalized spacial score (nSPS) is 10.2. The van der Waals surface area contributed by atoms with Crippen molar-refractivity contribution in [2.75, 3.05) is 0 Å². The summed E-state index contributed by atoms with van der Waals surface area (Å²) in [6.07, 6.45) is 1.82. The minimum Gasteiger partial charge on any atom is -0.256 e. The van der Waals surface area contributed by atoms with Crippen molar-refractivity contribution in [1.82, 2.24) is 4.98 Å². The van der Waals surface area contributed by atoms with Gasteiger partial charge in [0.05, 0.1) is 5.69 Å². The Morgan fingerprint density at radius 3 is 2.39 bits per heavy atom. The third-order valence-corrected chi connectivity index (χ3v) is 2.89. The van der Waals surface area contributed by atoms with E-state index in [1.165, 1.54) is 11.1 Å². The van der Waals surface area contributed by atoms with Crippen LogP contribution in [0.2, 0.25) is 0 Å². The minimum absolute atomic E-state index is 0.980. The van der Waals surface area contributed by atoms with Crippen LogP contribution in [0.25, 0.3) is 22.4 Å². The quantitative estimate of drug-likeness (QED) is 0.642. The Balaban J connectivity index is 2.18. The summed E-state index contributed by atoms with van der Waals surface area (Å²) in [5, 5.41) is 0. The summed E-state index contributed by atoms with van der Waals surface area (Å²) < 4.78 is 0. The van der Waals surface area contributed by atoms with Crippen LogP contribution in [0.5, 0.6) is 0 Å². The third-order valence-electron chi connectivity index (χ3n) is 2.89. The third kappa shape index (κ3) is 2.03. The second-order valence-corrected chi connectivity index (χ2v) is 4.05. The molecule has 0 fully saturated rings. The summed E-state index contributed by atoms with van der Waals surface area (Å²) in [4.78, 5) is 4.42. The van der Waals surface area contributed by atoms with Gasteiger partial charge in [-0.05, 0) is 35.4 Å². The van der Waals surface area contributed by atoms with Crippen LogP contribution >= 0.6 is 0 Å². The van der Waals surface area contributed by atoms with Crippen LogP contribution in [-0.4, -0.2) is 4.98 Å². The predicted molar refractivity (Wildman–Crippen MR) is 73.9 cm³/mol. The van der Waals surface area contributed by atoms with E-state index in [1.807, 2.05) is 54.7 Å². The molecule has 3 aromatic rings. The maximum absolute atomic E-state index is 4.42. The lowest BCUT2D eigenvalue weighted by molar-refractivity contribution is 1.33. The van der Waals surface area contributed by atoms with Crippen molar-refractivity contribution in [3.63, 3.8) is 0 Å². The van der Waals surface area contributed by atoms with Crippen molar-refractivity contribution in [1.29, 1.82) is 0 Å². The van der Waals surface area contributed by atoms with E-state index >= 15 is 0 Å². The average Bonchev–Trinajstić information content (AvgIpc) is 2.49. The maximum Gasteiger partial charge on any atom is 0.0708 e. The molecule has 0 aliphatic rings. The highest BCUT2D eigenvalue weighted by molar-refractivity contribution is 5.81. The zero-order valence-corrected chi connectivity index (χ0v) is 9.88. The van der Waals surface area contributed by atoms with Crippen LogP contribution in [0.15, 0.2) is 72.9 Å². The first-order valence-corrected chi connectivity index (χ1v) is 5.92. The SMILES string of the molecule is [c]1ccc(-c2ccccc2)c(-c2ccccn2)c1. The summed E-state index contributed by atoms with van der Waals surface area (Å²) in [6.45, 7) is 0. The standard InChI is InChI=1S/C17H12N/c1-2-8-14(9-3-1)15-10-4-5-11-16(15)17-12-6-7-13-18-17/h1-4,6-13H. The fraction of sp³-hybridized carbons (Fsp3) is 0. The number of nitrogens with zero attached hydrogens (tertiary/aromatic N) is 1. The molecule has 0 saturated carbocycles. The van der Waals surface area contributed by atoms with Crippen LogP contribution in [0.4, 0.5) is 0 Å². The summed E-state index contributed by atoms with van der Waals surface area (Å²) in [5.41, 5.74) is 4.48. The van der Waals surface area contributed by atoms with Crippen LogP contribution in [0.3, 0.4) is 0 Å². The van der Waals surface area contributed by atoms with Gasteiger partial charge in [-0.15, -0.1) is 0 Å². The summed E-state index contributed by atoms with van der Waals surface area (Å²) in [7, 11) is 0. The first-order valence-electron chi connectivity index (χ1n) is 5.92. The molecule has 0 aliphatic carbocycles. The van der Waals surface area contributed by atoms with E-state index in [0.717, 1.165) is 11.3 Å². The molecule has 0 amide bonds. The van der Waals surface area contributed by atoms with Gasteiger partial charge < -0.3 is 0 Å². The van der Waals surface area contributed by atoms with Gasteiger partial charge in [0, 0.05) is 11.8 Å². The van der Waals surface area contributed by atoms with E-state index in [0.29, 0.717) is 0 Å². The molecule has 0 aliphatic heterocycles. The molecule has 3 rings (SSSR count). The van der Waals surface area contributed by atoms with E-state index in [2.05, 4.69) is 29.2 Å². The van der Waals surface area contributed by atoms with Crippen LogP contribution < -0.4 is 0 Å². The molecule has 85 valence electrons. The Morgan fingerprint density at radius 2 is 1.61 bits per heavy atom. The Kier molecular flexibility index (Phi) is 2.89. The topological polar surface area (TPSA) is 12.9 Å². The van der Waals surface area contributed by atoms with Gasteiger partial charge in [-0.1, -0.05) is 48.5 Å². The van der Waals surface area contributed by atoms with Crippen LogP contribution in [-0.2, 0) is 0 Å². The lowest BCUT2D eigenvalue weighted by Crippen LogP contribution is -1.86. The van der Waals surface area contributed by atoms with Gasteiger partial charge in [0.15, 0.2) is 0 Å². The molecule has 0 atom stereocenters. The number of hydrogen-bond donors (Lipinski definition) is 0. The van der Waals surface area contributed by atoms with E-state index < -0.39 is 0 Å². The van der Waals surface area contributed by atoms with Crippen molar-refractivity contribution in [2.24, 2.45) is 0 Å². The Labute approximate surface area is 107 Å². The number of rotatable bonds is 2. The summed E-state index contributed by atoms with van der Waals surface area (Å²) in [5.74, 6) is 0. The fourth-order valence-corrected chi connectivity index (χ4v) is 2.03. The molecule has 1 nitrogen and oxygen atoms in total. The molecular weight excluding hydrogens is 218 g/mol. The Morgan fingerprint density at radius 1 is 0.778 bits per heavy atom. The lowest BCUT2D eigenvalue weighted by atomic mass is 9.97. The minimum atomic E-state index is 0.980. The molecular formula is C17H12N. The van der Waals surface area contributed by atoms with Crippen molar-refractivity contribution in [2.45, 2.75) is 0 Å². The van der Waals surface area contributed by atoms with Gasteiger partial charge in [0.1, 0.15) is 0 Å². The number of benzene rings is 2. The van der Waals surface area contributed by atoms with Crippen LogP contribution in [0.1, 0.15) is 0 Å². The molecule has 1 heterocycles. The van der Waals surface area contributed by atoms with Gasteiger partial charge >= 0.3 is 0 Å². The van der Waals surface area contributed by atoms with E-state index in [1.54, 1.807) is 0 Å². The molecule has 18 heavy (non-hydrogen) atoms. The van der Waals surface area contributed by atoms with Gasteiger partial charge in [-0.25, -0.2) is 0 Å². The molecule has 2 aromatic carbocycles. The highest BCUT2D eigenvalue weighted by Gasteiger charge is 2.06. The highest BCUT2D eigenvalue weighted by atomic mass is 14.7. The van der Waals surface area contributed by atoms with Crippen molar-refractivity contribution in [3.05, 3.63) is 79.0 Å². The van der Waals surface area contributed by atoms with Crippen molar-refractivity contribution in [3.8, 4) is 22.4 Å². The first-order chi connectivity index (χ1) is 8.95. The van der Waals surface area contributed by atoms with Crippen molar-refractivity contribution < 1.29 is 0 Å². The monoisotopic (exact) mass is 230 g/mol. The molecule has 0 spiro atoms. The second kappa shape index (κ2) is 4.84. The van der Waals surface area contributed by atoms with Crippen LogP contribution in [0, 0.1) is 6.07 Å². The zero-order chi connectivity index (χ0) is 12.2. The number of pyridine rings is 1. The average molecular weight is 230 g/mol. The van der Waals surface area contributed by atoms with E-state index in [4.69, 9.17) is 0 Å². The molecule has 1 radical (unpaired) electrons. The van der Waals surface area contributed by atoms with Gasteiger partial charge in [-0.3, -0.25) is 4.98 Å². The molecule has 0 N–H and O–H groups in total. The van der Waals surface area contributed by atoms with Gasteiger partial charge in [-0.2, -0.15) is 0 Å². The summed E-state index contributed by atoms with van der Waals surface area (Å²) >= 11 is 0. The van der Waals surface area contributed by atoms with E-state index in [9.17, 15) is 0 Å². The molecule has 1 aromatic heterocycles. The lowest BCUT2D eigenvalue weighted by Gasteiger charge is -2.08. The highest BCUT2D eigenvalue weighted by Crippen LogP contribution is 2.30. The van der Waals surface area contributed by atoms with Gasteiger partial charge in [0.2, 0.25) is 0 Å². The molecule has 1 heteroatoms. The summed E-state index contributed by atoms with van der Waals surface area (Å²) in [6, 6.07) is 25.5. The Bertz CT molecular complexity index is 572. The molecule has 0 bridgehead atoms. The fourth-order valence-electron chi connectivity index (χ4n) is 2.03. The largest absolute Gasteiger partial charge is 0.256 e. The Hall–Kier alpha value is -2.41.